The highest BCUT2D eigenvalue weighted by molar-refractivity contribution is 6.08. The van der Waals surface area contributed by atoms with Crippen molar-refractivity contribution in [3.8, 4) is 5.75 Å². The molecule has 0 aromatic heterocycles. The molecule has 1 unspecified atom stereocenters. The van der Waals surface area contributed by atoms with Crippen molar-refractivity contribution in [1.29, 1.82) is 0 Å². The van der Waals surface area contributed by atoms with E-state index >= 15 is 0 Å². The molecule has 1 saturated carbocycles. The Morgan fingerprint density at radius 2 is 1.69 bits per heavy atom. The van der Waals surface area contributed by atoms with Gasteiger partial charge in [0, 0.05) is 5.92 Å². The van der Waals surface area contributed by atoms with Gasteiger partial charge in [0.2, 0.25) is 11.8 Å². The maximum atomic E-state index is 11.2. The Balaban J connectivity index is 2.30. The van der Waals surface area contributed by atoms with E-state index in [2.05, 4.69) is 0 Å². The molecule has 5 heteroatoms. The molecular weight excluding hydrogens is 208 g/mol. The monoisotopic (exact) mass is 220 g/mol. The van der Waals surface area contributed by atoms with Crippen LogP contribution >= 0.6 is 0 Å². The molecule has 84 valence electrons. The van der Waals surface area contributed by atoms with Crippen molar-refractivity contribution in [3.05, 3.63) is 29.8 Å². The first-order valence-corrected chi connectivity index (χ1v) is 4.87. The standard InChI is InChI=1S/C11H12N2O3/c12-9(15)11(10(13)16)5-8(11)6-1-3-7(14)4-2-6/h1-4,8,14H,5H2,(H2,12,15)(H2,13,16). The third-order valence-corrected chi connectivity index (χ3v) is 3.14. The van der Waals surface area contributed by atoms with Gasteiger partial charge in [-0.3, -0.25) is 9.59 Å². The number of nitrogens with two attached hydrogens (primary N) is 2. The molecule has 5 N–H and O–H groups in total. The van der Waals surface area contributed by atoms with Gasteiger partial charge in [0.1, 0.15) is 11.2 Å². The average Bonchev–Trinajstić information content (AvgIpc) is 2.95. The lowest BCUT2D eigenvalue weighted by Crippen LogP contribution is -2.38. The minimum atomic E-state index is -1.24. The van der Waals surface area contributed by atoms with E-state index in [1.54, 1.807) is 12.1 Å². The second-order valence-corrected chi connectivity index (χ2v) is 4.05. The van der Waals surface area contributed by atoms with E-state index in [1.165, 1.54) is 12.1 Å². The molecule has 1 aliphatic carbocycles. The van der Waals surface area contributed by atoms with Crippen molar-refractivity contribution in [1.82, 2.24) is 0 Å². The summed E-state index contributed by atoms with van der Waals surface area (Å²) in [6.45, 7) is 0. The molecule has 1 fully saturated rings. The Kier molecular flexibility index (Phi) is 2.11. The zero-order valence-electron chi connectivity index (χ0n) is 8.51. The van der Waals surface area contributed by atoms with Crippen LogP contribution in [-0.2, 0) is 9.59 Å². The minimum Gasteiger partial charge on any atom is -0.508 e. The van der Waals surface area contributed by atoms with Gasteiger partial charge in [0.25, 0.3) is 0 Å². The van der Waals surface area contributed by atoms with E-state index in [4.69, 9.17) is 16.6 Å². The summed E-state index contributed by atoms with van der Waals surface area (Å²) >= 11 is 0. The van der Waals surface area contributed by atoms with Crippen LogP contribution in [0.3, 0.4) is 0 Å². The van der Waals surface area contributed by atoms with Crippen LogP contribution in [0.2, 0.25) is 0 Å². The number of carbonyl (C=O) groups excluding carboxylic acids is 2. The van der Waals surface area contributed by atoms with Gasteiger partial charge in [0.15, 0.2) is 0 Å². The van der Waals surface area contributed by atoms with Gasteiger partial charge >= 0.3 is 0 Å². The molecule has 1 atom stereocenters. The van der Waals surface area contributed by atoms with Gasteiger partial charge in [-0.2, -0.15) is 0 Å². The molecule has 0 radical (unpaired) electrons. The number of phenolic OH excluding ortho intramolecular Hbond substituents is 1. The van der Waals surface area contributed by atoms with Crippen LogP contribution in [0.4, 0.5) is 0 Å². The summed E-state index contributed by atoms with van der Waals surface area (Å²) in [7, 11) is 0. The quantitative estimate of drug-likeness (QED) is 0.616. The molecule has 0 heterocycles. The summed E-state index contributed by atoms with van der Waals surface area (Å²) < 4.78 is 0. The maximum absolute atomic E-state index is 11.2. The number of benzene rings is 1. The van der Waals surface area contributed by atoms with Crippen molar-refractivity contribution in [2.24, 2.45) is 16.9 Å². The zero-order chi connectivity index (χ0) is 11.9. The van der Waals surface area contributed by atoms with Crippen molar-refractivity contribution in [2.45, 2.75) is 12.3 Å². The molecule has 2 rings (SSSR count). The van der Waals surface area contributed by atoms with Gasteiger partial charge in [0.05, 0.1) is 0 Å². The molecule has 0 spiro atoms. The van der Waals surface area contributed by atoms with E-state index < -0.39 is 17.2 Å². The smallest absolute Gasteiger partial charge is 0.233 e. The summed E-state index contributed by atoms with van der Waals surface area (Å²) in [5.74, 6) is -1.49. The normalized spacial score (nSPS) is 21.4. The summed E-state index contributed by atoms with van der Waals surface area (Å²) in [6, 6.07) is 6.32. The number of phenols is 1. The van der Waals surface area contributed by atoms with Crippen LogP contribution in [0.1, 0.15) is 17.9 Å². The molecule has 1 aliphatic rings. The van der Waals surface area contributed by atoms with Crippen LogP contribution in [0, 0.1) is 5.41 Å². The lowest BCUT2D eigenvalue weighted by molar-refractivity contribution is -0.133. The topological polar surface area (TPSA) is 106 Å². The number of aromatic hydroxyl groups is 1. The molecule has 0 saturated heterocycles. The van der Waals surface area contributed by atoms with Crippen LogP contribution < -0.4 is 11.5 Å². The highest BCUT2D eigenvalue weighted by atomic mass is 16.3. The van der Waals surface area contributed by atoms with Gasteiger partial charge in [-0.05, 0) is 24.1 Å². The number of amides is 2. The van der Waals surface area contributed by atoms with Gasteiger partial charge in [-0.25, -0.2) is 0 Å². The van der Waals surface area contributed by atoms with Crippen LogP contribution in [0.25, 0.3) is 0 Å². The second kappa shape index (κ2) is 3.23. The number of primary amides is 2. The van der Waals surface area contributed by atoms with Crippen LogP contribution in [-0.4, -0.2) is 16.9 Å². The lowest BCUT2D eigenvalue weighted by Gasteiger charge is -2.08. The largest absolute Gasteiger partial charge is 0.508 e. The predicted molar refractivity (Wildman–Crippen MR) is 56.3 cm³/mol. The summed E-state index contributed by atoms with van der Waals surface area (Å²) in [4.78, 5) is 22.5. The fraction of sp³-hybridized carbons (Fsp3) is 0.273. The Morgan fingerprint density at radius 1 is 1.19 bits per heavy atom. The van der Waals surface area contributed by atoms with Gasteiger partial charge in [-0.15, -0.1) is 0 Å². The van der Waals surface area contributed by atoms with E-state index in [-0.39, 0.29) is 11.7 Å². The van der Waals surface area contributed by atoms with E-state index in [0.29, 0.717) is 6.42 Å². The number of rotatable bonds is 3. The average molecular weight is 220 g/mol. The molecule has 16 heavy (non-hydrogen) atoms. The summed E-state index contributed by atoms with van der Waals surface area (Å²) in [5, 5.41) is 9.12. The van der Waals surface area contributed by atoms with Crippen LogP contribution in [0.15, 0.2) is 24.3 Å². The lowest BCUT2D eigenvalue weighted by atomic mass is 9.97. The van der Waals surface area contributed by atoms with E-state index in [0.717, 1.165) is 5.56 Å². The summed E-state index contributed by atoms with van der Waals surface area (Å²) in [5.41, 5.74) is 9.95. The zero-order valence-corrected chi connectivity index (χ0v) is 8.51. The Bertz CT molecular complexity index is 439. The third kappa shape index (κ3) is 1.32. The number of carbonyl (C=O) groups is 2. The molecule has 1 aromatic carbocycles. The number of hydrogen-bond acceptors (Lipinski definition) is 3. The molecule has 0 aliphatic heterocycles. The highest BCUT2D eigenvalue weighted by Gasteiger charge is 2.64. The van der Waals surface area contributed by atoms with Gasteiger partial charge < -0.3 is 16.6 Å². The number of hydrogen-bond donors (Lipinski definition) is 3. The SMILES string of the molecule is NC(=O)C1(C(N)=O)CC1c1ccc(O)cc1. The molecule has 5 nitrogen and oxygen atoms in total. The fourth-order valence-electron chi connectivity index (χ4n) is 2.04. The first-order valence-electron chi connectivity index (χ1n) is 4.87. The van der Waals surface area contributed by atoms with Crippen molar-refractivity contribution in [2.75, 3.05) is 0 Å². The van der Waals surface area contributed by atoms with Crippen molar-refractivity contribution in [3.63, 3.8) is 0 Å². The fourth-order valence-corrected chi connectivity index (χ4v) is 2.04. The summed E-state index contributed by atoms with van der Waals surface area (Å²) in [6.07, 6.45) is 0.350. The highest BCUT2D eigenvalue weighted by Crippen LogP contribution is 2.59. The van der Waals surface area contributed by atoms with E-state index in [9.17, 15) is 9.59 Å². The Morgan fingerprint density at radius 3 is 2.06 bits per heavy atom. The first kappa shape index (κ1) is 10.5. The second-order valence-electron chi connectivity index (χ2n) is 4.05. The first-order chi connectivity index (χ1) is 7.48. The maximum Gasteiger partial charge on any atom is 0.233 e. The Labute approximate surface area is 92.0 Å². The predicted octanol–water partition coefficient (Wildman–Crippen LogP) is -0.164. The third-order valence-electron chi connectivity index (χ3n) is 3.14. The van der Waals surface area contributed by atoms with Crippen LogP contribution in [0.5, 0.6) is 5.75 Å². The molecular formula is C11H12N2O3. The molecule has 2 amide bonds. The molecule has 0 bridgehead atoms. The van der Waals surface area contributed by atoms with Crippen molar-refractivity contribution >= 4 is 11.8 Å². The molecule has 1 aromatic rings. The van der Waals surface area contributed by atoms with E-state index in [1.807, 2.05) is 0 Å². The Hall–Kier alpha value is -2.04. The minimum absolute atomic E-state index is 0.133. The van der Waals surface area contributed by atoms with Gasteiger partial charge in [-0.1, -0.05) is 12.1 Å². The van der Waals surface area contributed by atoms with Crippen molar-refractivity contribution < 1.29 is 14.7 Å².